The van der Waals surface area contributed by atoms with Gasteiger partial charge in [0, 0.05) is 19.6 Å². The molecule has 0 radical (unpaired) electrons. The highest BCUT2D eigenvalue weighted by Gasteiger charge is 2.22. The summed E-state index contributed by atoms with van der Waals surface area (Å²) in [7, 11) is 0. The van der Waals surface area contributed by atoms with Gasteiger partial charge >= 0.3 is 0 Å². The van der Waals surface area contributed by atoms with Gasteiger partial charge in [-0.25, -0.2) is 0 Å². The molecule has 0 saturated heterocycles. The van der Waals surface area contributed by atoms with Gasteiger partial charge in [0.05, 0.1) is 12.7 Å². The second-order valence-electron chi connectivity index (χ2n) is 4.63. The summed E-state index contributed by atoms with van der Waals surface area (Å²) in [4.78, 5) is 11.2. The van der Waals surface area contributed by atoms with Gasteiger partial charge in [-0.3, -0.25) is 4.79 Å². The van der Waals surface area contributed by atoms with Gasteiger partial charge in [0.25, 0.3) is 0 Å². The average molecular weight is 217 g/mol. The number of aliphatic hydroxyl groups excluding tert-OH is 1. The van der Waals surface area contributed by atoms with Crippen molar-refractivity contribution >= 4 is 5.91 Å². The lowest BCUT2D eigenvalue weighted by Gasteiger charge is -2.25. The van der Waals surface area contributed by atoms with Gasteiger partial charge in [-0.15, -0.1) is 0 Å². The van der Waals surface area contributed by atoms with Crippen LogP contribution in [0.3, 0.4) is 0 Å². The van der Waals surface area contributed by atoms with Gasteiger partial charge in [0.2, 0.25) is 5.91 Å². The number of hydrogen-bond acceptors (Lipinski definition) is 3. The van der Waals surface area contributed by atoms with Crippen molar-refractivity contribution in [3.63, 3.8) is 0 Å². The molecule has 0 aliphatic carbocycles. The molecule has 0 rings (SSSR count). The van der Waals surface area contributed by atoms with Crippen LogP contribution in [0.1, 0.15) is 34.1 Å². The molecule has 0 aromatic carbocycles. The molecule has 0 fully saturated rings. The second kappa shape index (κ2) is 6.80. The first-order chi connectivity index (χ1) is 6.88. The summed E-state index contributed by atoms with van der Waals surface area (Å²) in [5.74, 6) is -0.0771. The first-order valence-electron chi connectivity index (χ1n) is 5.40. The van der Waals surface area contributed by atoms with E-state index in [-0.39, 0.29) is 11.3 Å². The fourth-order valence-corrected chi connectivity index (χ4v) is 0.914. The van der Waals surface area contributed by atoms with Crippen LogP contribution in [-0.4, -0.2) is 36.9 Å². The standard InChI is InChI=1S/C11H23NO3/c1-5-15-7-6-10(14)12-8-9(13)11(2,3)4/h9,13H,5-8H2,1-4H3,(H,12,14). The van der Waals surface area contributed by atoms with Gasteiger partial charge in [-0.1, -0.05) is 20.8 Å². The van der Waals surface area contributed by atoms with Crippen molar-refractivity contribution < 1.29 is 14.6 Å². The van der Waals surface area contributed by atoms with Gasteiger partial charge < -0.3 is 15.2 Å². The van der Waals surface area contributed by atoms with Gasteiger partial charge in [-0.05, 0) is 12.3 Å². The number of carbonyl (C=O) groups is 1. The second-order valence-corrected chi connectivity index (χ2v) is 4.63. The summed E-state index contributed by atoms with van der Waals surface area (Å²) in [6, 6.07) is 0. The Morgan fingerprint density at radius 2 is 2.07 bits per heavy atom. The lowest BCUT2D eigenvalue weighted by Crippen LogP contribution is -2.39. The molecule has 0 spiro atoms. The zero-order chi connectivity index (χ0) is 11.9. The predicted molar refractivity (Wildman–Crippen MR) is 59.6 cm³/mol. The van der Waals surface area contributed by atoms with Crippen molar-refractivity contribution in [3.05, 3.63) is 0 Å². The van der Waals surface area contributed by atoms with Gasteiger partial charge in [-0.2, -0.15) is 0 Å². The van der Waals surface area contributed by atoms with Crippen molar-refractivity contribution in [2.75, 3.05) is 19.8 Å². The van der Waals surface area contributed by atoms with Crippen molar-refractivity contribution in [2.24, 2.45) is 5.41 Å². The molecule has 0 saturated carbocycles. The lowest BCUT2D eigenvalue weighted by molar-refractivity contribution is -0.122. The first-order valence-corrected chi connectivity index (χ1v) is 5.40. The van der Waals surface area contributed by atoms with Crippen LogP contribution < -0.4 is 5.32 Å². The average Bonchev–Trinajstić information content (AvgIpc) is 2.13. The molecule has 4 nitrogen and oxygen atoms in total. The highest BCUT2D eigenvalue weighted by Crippen LogP contribution is 2.17. The molecule has 90 valence electrons. The largest absolute Gasteiger partial charge is 0.391 e. The van der Waals surface area contributed by atoms with Crippen LogP contribution in [0.5, 0.6) is 0 Å². The monoisotopic (exact) mass is 217 g/mol. The molecule has 1 atom stereocenters. The highest BCUT2D eigenvalue weighted by atomic mass is 16.5. The number of rotatable bonds is 6. The van der Waals surface area contributed by atoms with E-state index in [2.05, 4.69) is 5.32 Å². The minimum atomic E-state index is -0.520. The Bertz CT molecular complexity index is 187. The zero-order valence-electron chi connectivity index (χ0n) is 10.2. The minimum Gasteiger partial charge on any atom is -0.391 e. The van der Waals surface area contributed by atoms with Crippen LogP contribution in [0.15, 0.2) is 0 Å². The maximum atomic E-state index is 11.2. The lowest BCUT2D eigenvalue weighted by atomic mass is 9.89. The Morgan fingerprint density at radius 3 is 2.53 bits per heavy atom. The molecule has 4 heteroatoms. The third-order valence-corrected chi connectivity index (χ3v) is 2.17. The number of ether oxygens (including phenoxy) is 1. The molecule has 0 aromatic heterocycles. The van der Waals surface area contributed by atoms with Crippen LogP contribution in [-0.2, 0) is 9.53 Å². The molecule has 0 aliphatic rings. The van der Waals surface area contributed by atoms with Crippen LogP contribution in [0.4, 0.5) is 0 Å². The third kappa shape index (κ3) is 7.33. The molecule has 0 aromatic rings. The van der Waals surface area contributed by atoms with E-state index in [1.54, 1.807) is 0 Å². The third-order valence-electron chi connectivity index (χ3n) is 2.17. The van der Waals surface area contributed by atoms with E-state index in [1.165, 1.54) is 0 Å². The smallest absolute Gasteiger partial charge is 0.222 e. The summed E-state index contributed by atoms with van der Waals surface area (Å²) in [6.07, 6.45) is -0.168. The Morgan fingerprint density at radius 1 is 1.47 bits per heavy atom. The van der Waals surface area contributed by atoms with Crippen LogP contribution in [0.2, 0.25) is 0 Å². The Labute approximate surface area is 92.0 Å². The van der Waals surface area contributed by atoms with Crippen molar-refractivity contribution in [1.82, 2.24) is 5.32 Å². The first kappa shape index (κ1) is 14.4. The normalized spacial score (nSPS) is 13.7. The molecule has 0 bridgehead atoms. The van der Waals surface area contributed by atoms with E-state index < -0.39 is 6.10 Å². The number of hydrogen-bond donors (Lipinski definition) is 2. The van der Waals surface area contributed by atoms with Crippen LogP contribution in [0, 0.1) is 5.41 Å². The van der Waals surface area contributed by atoms with Crippen molar-refractivity contribution in [2.45, 2.75) is 40.2 Å². The molecule has 2 N–H and O–H groups in total. The topological polar surface area (TPSA) is 58.6 Å². The molecular weight excluding hydrogens is 194 g/mol. The highest BCUT2D eigenvalue weighted by molar-refractivity contribution is 5.75. The van der Waals surface area contributed by atoms with E-state index in [4.69, 9.17) is 4.74 Å². The fraction of sp³-hybridized carbons (Fsp3) is 0.909. The molecule has 0 heterocycles. The number of nitrogens with one attached hydrogen (secondary N) is 1. The summed E-state index contributed by atoms with van der Waals surface area (Å²) >= 11 is 0. The van der Waals surface area contributed by atoms with E-state index in [0.717, 1.165) is 0 Å². The number of aliphatic hydroxyl groups is 1. The SMILES string of the molecule is CCOCCC(=O)NCC(O)C(C)(C)C. The van der Waals surface area contributed by atoms with E-state index in [1.807, 2.05) is 27.7 Å². The molecule has 1 amide bonds. The van der Waals surface area contributed by atoms with Crippen LogP contribution >= 0.6 is 0 Å². The summed E-state index contributed by atoms with van der Waals surface area (Å²) in [6.45, 7) is 9.06. The summed E-state index contributed by atoms with van der Waals surface area (Å²) in [5.41, 5.74) is -0.201. The number of carbonyl (C=O) groups excluding carboxylic acids is 1. The summed E-state index contributed by atoms with van der Waals surface area (Å²) in [5, 5.41) is 12.3. The van der Waals surface area contributed by atoms with E-state index >= 15 is 0 Å². The Kier molecular flexibility index (Phi) is 6.52. The minimum absolute atomic E-state index is 0.0771. The zero-order valence-corrected chi connectivity index (χ0v) is 10.2. The summed E-state index contributed by atoms with van der Waals surface area (Å²) < 4.78 is 5.05. The van der Waals surface area contributed by atoms with Gasteiger partial charge in [0.1, 0.15) is 0 Å². The van der Waals surface area contributed by atoms with Gasteiger partial charge in [0.15, 0.2) is 0 Å². The molecule has 1 unspecified atom stereocenters. The van der Waals surface area contributed by atoms with Crippen molar-refractivity contribution in [3.8, 4) is 0 Å². The molecule has 15 heavy (non-hydrogen) atoms. The van der Waals surface area contributed by atoms with Crippen LogP contribution in [0.25, 0.3) is 0 Å². The van der Waals surface area contributed by atoms with E-state index in [0.29, 0.717) is 26.2 Å². The number of amides is 1. The Hall–Kier alpha value is -0.610. The maximum absolute atomic E-state index is 11.2. The Balaban J connectivity index is 3.62. The predicted octanol–water partition coefficient (Wildman–Crippen LogP) is 0.936. The quantitative estimate of drug-likeness (QED) is 0.651. The van der Waals surface area contributed by atoms with E-state index in [9.17, 15) is 9.90 Å². The molecular formula is C11H23NO3. The molecule has 0 aliphatic heterocycles. The fourth-order valence-electron chi connectivity index (χ4n) is 0.914. The van der Waals surface area contributed by atoms with Crippen molar-refractivity contribution in [1.29, 1.82) is 0 Å². The maximum Gasteiger partial charge on any atom is 0.222 e.